The number of ether oxygens (including phenoxy) is 1. The van der Waals surface area contributed by atoms with Gasteiger partial charge < -0.3 is 15.4 Å². The fraction of sp³-hybridized carbons (Fsp3) is 0.318. The molecule has 2 aromatic carbocycles. The number of para-hydroxylation sites is 1. The van der Waals surface area contributed by atoms with E-state index in [1.807, 2.05) is 0 Å². The molecule has 1 heterocycles. The van der Waals surface area contributed by atoms with Gasteiger partial charge in [-0.1, -0.05) is 23.7 Å². The molecular weight excluding hydrogens is 392 g/mol. The van der Waals surface area contributed by atoms with E-state index in [9.17, 15) is 14.4 Å². The third kappa shape index (κ3) is 3.08. The van der Waals surface area contributed by atoms with E-state index in [0.717, 1.165) is 12.8 Å². The van der Waals surface area contributed by atoms with Crippen molar-refractivity contribution in [2.24, 2.45) is 23.7 Å². The first-order valence-electron chi connectivity index (χ1n) is 9.68. The Labute approximate surface area is 172 Å². The second kappa shape index (κ2) is 6.88. The smallest absolute Gasteiger partial charge is 0.310 e. The normalized spacial score (nSPS) is 28.9. The van der Waals surface area contributed by atoms with Crippen LogP contribution in [0.25, 0.3) is 0 Å². The zero-order valence-electron chi connectivity index (χ0n) is 15.4. The lowest BCUT2D eigenvalue weighted by molar-refractivity contribution is -0.145. The average Bonchev–Trinajstić information content (AvgIpc) is 3.33. The Hall–Kier alpha value is -2.86. The number of anilines is 2. The molecule has 5 rings (SSSR count). The summed E-state index contributed by atoms with van der Waals surface area (Å²) < 4.78 is 5.40. The molecule has 2 saturated carbocycles. The van der Waals surface area contributed by atoms with Crippen LogP contribution >= 0.6 is 11.6 Å². The van der Waals surface area contributed by atoms with Crippen LogP contribution in [-0.2, 0) is 14.3 Å². The summed E-state index contributed by atoms with van der Waals surface area (Å²) in [5, 5.41) is 6.12. The van der Waals surface area contributed by atoms with Gasteiger partial charge in [0.25, 0.3) is 5.91 Å². The number of hydrogen-bond acceptors (Lipinski definition) is 4. The van der Waals surface area contributed by atoms with Gasteiger partial charge in [0, 0.05) is 17.2 Å². The van der Waals surface area contributed by atoms with Crippen LogP contribution in [0, 0.1) is 23.7 Å². The van der Waals surface area contributed by atoms with E-state index in [1.54, 1.807) is 48.5 Å². The first kappa shape index (κ1) is 18.2. The molecule has 2 aliphatic carbocycles. The summed E-state index contributed by atoms with van der Waals surface area (Å²) >= 11 is 6.07. The molecule has 0 radical (unpaired) electrons. The van der Waals surface area contributed by atoms with E-state index in [1.165, 1.54) is 0 Å². The zero-order chi connectivity index (χ0) is 20.1. The van der Waals surface area contributed by atoms with Gasteiger partial charge in [0.05, 0.1) is 22.5 Å². The lowest BCUT2D eigenvalue weighted by atomic mass is 9.79. The van der Waals surface area contributed by atoms with Gasteiger partial charge in [-0.15, -0.1) is 0 Å². The van der Waals surface area contributed by atoms with Crippen molar-refractivity contribution in [3.05, 3.63) is 59.1 Å². The standard InChI is InChI=1S/C22H19ClN2O4/c23-15-3-1-2-4-16(15)25-20(26)11-5-7-13(8-6-11)24-21(27)18-12-9-14-17(10-12)29-22(28)19(14)18/h1-8,12,14,17-19H,9-10H2,(H,24,27)(H,25,26)/t12-,14+,17+,18-,19+/m1/s1. The molecule has 1 aliphatic heterocycles. The number of nitrogens with one attached hydrogen (secondary N) is 2. The monoisotopic (exact) mass is 410 g/mol. The van der Waals surface area contributed by atoms with Crippen LogP contribution in [0.5, 0.6) is 0 Å². The first-order chi connectivity index (χ1) is 14.0. The van der Waals surface area contributed by atoms with E-state index in [2.05, 4.69) is 10.6 Å². The van der Waals surface area contributed by atoms with Crippen molar-refractivity contribution in [3.63, 3.8) is 0 Å². The van der Waals surface area contributed by atoms with E-state index in [-0.39, 0.29) is 47.6 Å². The van der Waals surface area contributed by atoms with E-state index in [0.29, 0.717) is 22.0 Å². The summed E-state index contributed by atoms with van der Waals surface area (Å²) in [7, 11) is 0. The fourth-order valence-electron chi connectivity index (χ4n) is 5.05. The third-order valence-electron chi connectivity index (χ3n) is 6.32. The number of benzene rings is 2. The van der Waals surface area contributed by atoms with Crippen molar-refractivity contribution >= 4 is 40.8 Å². The van der Waals surface area contributed by atoms with Crippen molar-refractivity contribution in [1.29, 1.82) is 0 Å². The second-order valence-electron chi connectivity index (χ2n) is 7.92. The van der Waals surface area contributed by atoms with Crippen molar-refractivity contribution in [1.82, 2.24) is 0 Å². The fourth-order valence-corrected chi connectivity index (χ4v) is 5.23. The molecule has 2 bridgehead atoms. The highest BCUT2D eigenvalue weighted by atomic mass is 35.5. The van der Waals surface area contributed by atoms with Crippen molar-refractivity contribution in [2.75, 3.05) is 10.6 Å². The number of esters is 1. The first-order valence-corrected chi connectivity index (χ1v) is 10.1. The minimum absolute atomic E-state index is 0.0115. The number of rotatable bonds is 4. The zero-order valence-corrected chi connectivity index (χ0v) is 16.2. The SMILES string of the molecule is O=C(Nc1ccccc1Cl)c1ccc(NC(=O)[C@@H]2[C@@H]3C[C@@H]4[C@@H]2C(=O)O[C@H]4C3)cc1. The Bertz CT molecular complexity index is 1000. The lowest BCUT2D eigenvalue weighted by Crippen LogP contribution is -2.35. The Kier molecular flexibility index (Phi) is 4.32. The Balaban J connectivity index is 1.25. The van der Waals surface area contributed by atoms with Gasteiger partial charge in [0.1, 0.15) is 6.10 Å². The molecule has 3 fully saturated rings. The van der Waals surface area contributed by atoms with Gasteiger partial charge in [0.2, 0.25) is 5.91 Å². The summed E-state index contributed by atoms with van der Waals surface area (Å²) in [5.74, 6) is -0.890. The Morgan fingerprint density at radius 1 is 1.00 bits per heavy atom. The molecule has 0 unspecified atom stereocenters. The maximum absolute atomic E-state index is 12.8. The van der Waals surface area contributed by atoms with Crippen molar-refractivity contribution in [3.8, 4) is 0 Å². The van der Waals surface area contributed by atoms with Crippen LogP contribution in [0.15, 0.2) is 48.5 Å². The molecule has 1 saturated heterocycles. The molecule has 2 amide bonds. The van der Waals surface area contributed by atoms with Gasteiger partial charge >= 0.3 is 5.97 Å². The van der Waals surface area contributed by atoms with Gasteiger partial charge in [-0.3, -0.25) is 14.4 Å². The topological polar surface area (TPSA) is 84.5 Å². The summed E-state index contributed by atoms with van der Waals surface area (Å²) in [6.07, 6.45) is 1.68. The van der Waals surface area contributed by atoms with Crippen LogP contribution in [0.3, 0.4) is 0 Å². The number of carbonyl (C=O) groups excluding carboxylic acids is 3. The second-order valence-corrected chi connectivity index (χ2v) is 8.33. The average molecular weight is 411 g/mol. The van der Waals surface area contributed by atoms with Crippen LogP contribution in [-0.4, -0.2) is 23.9 Å². The lowest BCUT2D eigenvalue weighted by Gasteiger charge is -2.23. The maximum atomic E-state index is 12.8. The molecule has 7 heteroatoms. The Morgan fingerprint density at radius 3 is 2.52 bits per heavy atom. The molecule has 148 valence electrons. The molecular formula is C22H19ClN2O4. The largest absolute Gasteiger partial charge is 0.462 e. The summed E-state index contributed by atoms with van der Waals surface area (Å²) in [5.41, 5.74) is 1.58. The summed E-state index contributed by atoms with van der Waals surface area (Å²) in [6, 6.07) is 13.7. The van der Waals surface area contributed by atoms with Crippen LogP contribution in [0.4, 0.5) is 11.4 Å². The molecule has 3 aliphatic rings. The van der Waals surface area contributed by atoms with E-state index >= 15 is 0 Å². The van der Waals surface area contributed by atoms with Crippen LogP contribution in [0.1, 0.15) is 23.2 Å². The predicted octanol–water partition coefficient (Wildman–Crippen LogP) is 3.73. The summed E-state index contributed by atoms with van der Waals surface area (Å²) in [4.78, 5) is 37.3. The minimum Gasteiger partial charge on any atom is -0.462 e. The van der Waals surface area contributed by atoms with E-state index in [4.69, 9.17) is 16.3 Å². The number of hydrogen-bond donors (Lipinski definition) is 2. The van der Waals surface area contributed by atoms with Gasteiger partial charge in [-0.25, -0.2) is 0 Å². The van der Waals surface area contributed by atoms with Crippen molar-refractivity contribution < 1.29 is 19.1 Å². The van der Waals surface area contributed by atoms with E-state index < -0.39 is 0 Å². The van der Waals surface area contributed by atoms with Crippen LogP contribution < -0.4 is 10.6 Å². The molecule has 5 atom stereocenters. The molecule has 0 spiro atoms. The minimum atomic E-state index is -0.325. The number of fused-ring (bicyclic) bond motifs is 1. The molecule has 6 nitrogen and oxygen atoms in total. The molecule has 2 N–H and O–H groups in total. The van der Waals surface area contributed by atoms with Crippen LogP contribution in [0.2, 0.25) is 5.02 Å². The van der Waals surface area contributed by atoms with Gasteiger partial charge in [-0.2, -0.15) is 0 Å². The van der Waals surface area contributed by atoms with Crippen molar-refractivity contribution in [2.45, 2.75) is 18.9 Å². The maximum Gasteiger partial charge on any atom is 0.310 e. The highest BCUT2D eigenvalue weighted by Gasteiger charge is 2.63. The number of halogens is 1. The number of carbonyl (C=O) groups is 3. The highest BCUT2D eigenvalue weighted by molar-refractivity contribution is 6.33. The third-order valence-corrected chi connectivity index (χ3v) is 6.65. The predicted molar refractivity (Wildman–Crippen MR) is 108 cm³/mol. The molecule has 0 aromatic heterocycles. The summed E-state index contributed by atoms with van der Waals surface area (Å²) in [6.45, 7) is 0. The highest BCUT2D eigenvalue weighted by Crippen LogP contribution is 2.57. The Morgan fingerprint density at radius 2 is 1.76 bits per heavy atom. The van der Waals surface area contributed by atoms with Gasteiger partial charge in [0.15, 0.2) is 0 Å². The molecule has 2 aromatic rings. The number of amides is 2. The molecule has 29 heavy (non-hydrogen) atoms. The van der Waals surface area contributed by atoms with Gasteiger partial charge in [-0.05, 0) is 55.2 Å². The quantitative estimate of drug-likeness (QED) is 0.752.